The largest absolute Gasteiger partial charge is 0.494 e. The zero-order chi connectivity index (χ0) is 25.4. The van der Waals surface area contributed by atoms with E-state index in [1.54, 1.807) is 0 Å². The predicted molar refractivity (Wildman–Crippen MR) is 156 cm³/mol. The maximum atomic E-state index is 6.11. The van der Waals surface area contributed by atoms with Gasteiger partial charge in [-0.05, 0) is 79.3 Å². The fraction of sp³-hybridized carbons (Fsp3) is 0.676. The zero-order valence-electron chi connectivity index (χ0n) is 23.6. The van der Waals surface area contributed by atoms with Gasteiger partial charge in [0.25, 0.3) is 0 Å². The molecule has 2 aromatic rings. The number of aromatic nitrogens is 1. The lowest BCUT2D eigenvalue weighted by molar-refractivity contribution is 0.190. The fourth-order valence-electron chi connectivity index (χ4n) is 5.90. The van der Waals surface area contributed by atoms with E-state index in [-0.39, 0.29) is 0 Å². The molecule has 1 aliphatic carbocycles. The Hall–Kier alpha value is -1.83. The highest BCUT2D eigenvalue weighted by Crippen LogP contribution is 2.36. The molecule has 1 aromatic carbocycles. The highest BCUT2D eigenvalue weighted by atomic mass is 16.5. The number of ether oxygens (including phenoxy) is 1. The standard InChI is InChI=1S/C34H53NO/c1-4-6-8-16-30-17-11-12-18-31(30)19-13-26-36-33-23-21-32(22-24-33)34-25-20-29(27-35-34)15-10-7-9-14-28(3)5-2/h20-25,27-28,30-31H,4-19,26H2,1-3H3. The van der Waals surface area contributed by atoms with Gasteiger partial charge < -0.3 is 4.74 Å². The Bertz CT molecular complexity index is 812. The normalized spacial score (nSPS) is 18.8. The first-order chi connectivity index (χ1) is 17.7. The van der Waals surface area contributed by atoms with E-state index in [0.29, 0.717) is 0 Å². The van der Waals surface area contributed by atoms with Gasteiger partial charge in [0.2, 0.25) is 0 Å². The van der Waals surface area contributed by atoms with Gasteiger partial charge in [-0.25, -0.2) is 0 Å². The Labute approximate surface area is 222 Å². The molecule has 0 spiro atoms. The summed E-state index contributed by atoms with van der Waals surface area (Å²) in [5.41, 5.74) is 3.57. The molecular formula is C34H53NO. The highest BCUT2D eigenvalue weighted by molar-refractivity contribution is 5.60. The molecule has 0 N–H and O–H groups in total. The summed E-state index contributed by atoms with van der Waals surface area (Å²) in [7, 11) is 0. The van der Waals surface area contributed by atoms with Crippen molar-refractivity contribution < 1.29 is 4.74 Å². The molecular weight excluding hydrogens is 438 g/mol. The number of rotatable bonds is 17. The number of unbranched alkanes of at least 4 members (excludes halogenated alkanes) is 4. The highest BCUT2D eigenvalue weighted by Gasteiger charge is 2.24. The van der Waals surface area contributed by atoms with Crippen molar-refractivity contribution in [1.29, 1.82) is 0 Å². The third-order valence-corrected chi connectivity index (χ3v) is 8.57. The van der Waals surface area contributed by atoms with Crippen molar-refractivity contribution >= 4 is 0 Å². The molecule has 2 nitrogen and oxygen atoms in total. The van der Waals surface area contributed by atoms with E-state index in [0.717, 1.165) is 42.2 Å². The Morgan fingerprint density at radius 1 is 0.833 bits per heavy atom. The third kappa shape index (κ3) is 10.3. The first kappa shape index (κ1) is 28.7. The fourth-order valence-corrected chi connectivity index (χ4v) is 5.90. The molecule has 1 aliphatic rings. The minimum atomic E-state index is 0.835. The molecule has 1 fully saturated rings. The second-order valence-corrected chi connectivity index (χ2v) is 11.5. The van der Waals surface area contributed by atoms with Crippen molar-refractivity contribution in [3.63, 3.8) is 0 Å². The van der Waals surface area contributed by atoms with Crippen LogP contribution in [0.25, 0.3) is 11.3 Å². The van der Waals surface area contributed by atoms with Gasteiger partial charge in [0.05, 0.1) is 12.3 Å². The van der Waals surface area contributed by atoms with Crippen LogP contribution >= 0.6 is 0 Å². The molecule has 3 unspecified atom stereocenters. The number of aryl methyl sites for hydroxylation is 1. The first-order valence-electron chi connectivity index (χ1n) is 15.4. The second kappa shape index (κ2) is 16.8. The molecule has 200 valence electrons. The Balaban J connectivity index is 1.35. The van der Waals surface area contributed by atoms with E-state index in [4.69, 9.17) is 9.72 Å². The van der Waals surface area contributed by atoms with E-state index < -0.39 is 0 Å². The number of benzene rings is 1. The van der Waals surface area contributed by atoms with E-state index in [9.17, 15) is 0 Å². The third-order valence-electron chi connectivity index (χ3n) is 8.57. The zero-order valence-corrected chi connectivity index (χ0v) is 23.6. The van der Waals surface area contributed by atoms with Crippen LogP contribution < -0.4 is 4.74 Å². The SMILES string of the molecule is CCCCCC1CCCCC1CCCOc1ccc(-c2ccc(CCCCCC(C)CC)cn2)cc1. The maximum Gasteiger partial charge on any atom is 0.119 e. The van der Waals surface area contributed by atoms with Crippen molar-refractivity contribution in [3.8, 4) is 17.0 Å². The van der Waals surface area contributed by atoms with Crippen LogP contribution in [0.15, 0.2) is 42.6 Å². The maximum absolute atomic E-state index is 6.11. The van der Waals surface area contributed by atoms with E-state index in [1.165, 1.54) is 107 Å². The van der Waals surface area contributed by atoms with Gasteiger partial charge in [-0.1, -0.05) is 104 Å². The molecule has 0 amide bonds. The lowest BCUT2D eigenvalue weighted by atomic mass is 9.74. The van der Waals surface area contributed by atoms with Gasteiger partial charge >= 0.3 is 0 Å². The van der Waals surface area contributed by atoms with Crippen molar-refractivity contribution in [2.24, 2.45) is 17.8 Å². The van der Waals surface area contributed by atoms with Gasteiger partial charge in [0.15, 0.2) is 0 Å². The molecule has 3 rings (SSSR count). The van der Waals surface area contributed by atoms with Crippen LogP contribution in [0, 0.1) is 17.8 Å². The summed E-state index contributed by atoms with van der Waals surface area (Å²) in [6.07, 6.45) is 23.8. The van der Waals surface area contributed by atoms with Gasteiger partial charge in [-0.3, -0.25) is 4.98 Å². The molecule has 0 bridgehead atoms. The van der Waals surface area contributed by atoms with Crippen LogP contribution in [0.5, 0.6) is 5.75 Å². The van der Waals surface area contributed by atoms with Crippen LogP contribution in [-0.2, 0) is 6.42 Å². The quantitative estimate of drug-likeness (QED) is 0.205. The lowest BCUT2D eigenvalue weighted by Gasteiger charge is -2.31. The summed E-state index contributed by atoms with van der Waals surface area (Å²) in [5, 5.41) is 0. The minimum Gasteiger partial charge on any atom is -0.494 e. The Morgan fingerprint density at radius 3 is 2.25 bits per heavy atom. The summed E-state index contributed by atoms with van der Waals surface area (Å²) in [4.78, 5) is 4.74. The van der Waals surface area contributed by atoms with Gasteiger partial charge in [0, 0.05) is 11.8 Å². The molecule has 3 atom stereocenters. The Morgan fingerprint density at radius 2 is 1.58 bits per heavy atom. The van der Waals surface area contributed by atoms with E-state index in [1.807, 2.05) is 0 Å². The van der Waals surface area contributed by atoms with Crippen LogP contribution in [0.1, 0.15) is 123 Å². The van der Waals surface area contributed by atoms with Crippen LogP contribution in [0.3, 0.4) is 0 Å². The van der Waals surface area contributed by atoms with Crippen molar-refractivity contribution in [2.45, 2.75) is 124 Å². The Kier molecular flexibility index (Phi) is 13.4. The predicted octanol–water partition coefficient (Wildman–Crippen LogP) is 10.4. The van der Waals surface area contributed by atoms with Gasteiger partial charge in [-0.2, -0.15) is 0 Å². The van der Waals surface area contributed by atoms with E-state index in [2.05, 4.69) is 63.4 Å². The van der Waals surface area contributed by atoms with Crippen molar-refractivity contribution in [3.05, 3.63) is 48.2 Å². The van der Waals surface area contributed by atoms with Crippen molar-refractivity contribution in [1.82, 2.24) is 4.98 Å². The molecule has 1 heterocycles. The molecule has 2 heteroatoms. The van der Waals surface area contributed by atoms with Crippen LogP contribution in [0.4, 0.5) is 0 Å². The molecule has 1 aromatic heterocycles. The number of hydrogen-bond acceptors (Lipinski definition) is 2. The summed E-state index contributed by atoms with van der Waals surface area (Å²) < 4.78 is 6.11. The topological polar surface area (TPSA) is 22.1 Å². The number of pyridine rings is 1. The molecule has 0 saturated heterocycles. The van der Waals surface area contributed by atoms with Crippen LogP contribution in [-0.4, -0.2) is 11.6 Å². The average molecular weight is 492 g/mol. The average Bonchev–Trinajstić information content (AvgIpc) is 2.92. The van der Waals surface area contributed by atoms with E-state index >= 15 is 0 Å². The summed E-state index contributed by atoms with van der Waals surface area (Å²) in [5.74, 6) is 3.76. The van der Waals surface area contributed by atoms with Gasteiger partial charge in [-0.15, -0.1) is 0 Å². The molecule has 36 heavy (non-hydrogen) atoms. The lowest BCUT2D eigenvalue weighted by Crippen LogP contribution is -2.20. The minimum absolute atomic E-state index is 0.835. The number of nitrogens with zero attached hydrogens (tertiary/aromatic N) is 1. The van der Waals surface area contributed by atoms with Crippen LogP contribution in [0.2, 0.25) is 0 Å². The molecule has 0 aliphatic heterocycles. The summed E-state index contributed by atoms with van der Waals surface area (Å²) in [6.45, 7) is 7.80. The van der Waals surface area contributed by atoms with Gasteiger partial charge in [0.1, 0.15) is 5.75 Å². The second-order valence-electron chi connectivity index (χ2n) is 11.5. The molecule has 0 radical (unpaired) electrons. The summed E-state index contributed by atoms with van der Waals surface area (Å²) >= 11 is 0. The first-order valence-corrected chi connectivity index (χ1v) is 15.4. The molecule has 1 saturated carbocycles. The smallest absolute Gasteiger partial charge is 0.119 e. The summed E-state index contributed by atoms with van der Waals surface area (Å²) in [6, 6.07) is 12.9. The monoisotopic (exact) mass is 491 g/mol. The van der Waals surface area contributed by atoms with Crippen molar-refractivity contribution in [2.75, 3.05) is 6.61 Å². The number of hydrogen-bond donors (Lipinski definition) is 0.